The van der Waals surface area contributed by atoms with Gasteiger partial charge in [-0.3, -0.25) is 4.79 Å². The molecule has 3 heterocycles. The summed E-state index contributed by atoms with van der Waals surface area (Å²) >= 11 is 0. The Labute approximate surface area is 153 Å². The molecule has 2 aromatic rings. The Morgan fingerprint density at radius 3 is 2.69 bits per heavy atom. The molecule has 1 aromatic heterocycles. The highest BCUT2D eigenvalue weighted by Gasteiger charge is 2.28. The van der Waals surface area contributed by atoms with E-state index in [9.17, 15) is 4.79 Å². The maximum atomic E-state index is 13.0. The van der Waals surface area contributed by atoms with Crippen LogP contribution in [0.2, 0.25) is 0 Å². The molecule has 26 heavy (non-hydrogen) atoms. The second-order valence-electron chi connectivity index (χ2n) is 7.09. The van der Waals surface area contributed by atoms with E-state index in [0.29, 0.717) is 25.7 Å². The summed E-state index contributed by atoms with van der Waals surface area (Å²) in [5.74, 6) is 2.03. The summed E-state index contributed by atoms with van der Waals surface area (Å²) in [5.41, 5.74) is 9.47. The van der Waals surface area contributed by atoms with E-state index in [1.54, 1.807) is 0 Å². The van der Waals surface area contributed by atoms with Crippen LogP contribution in [0.15, 0.2) is 24.3 Å². The van der Waals surface area contributed by atoms with E-state index in [1.807, 2.05) is 43.0 Å². The number of hydrogen-bond acceptors (Lipinski definition) is 4. The van der Waals surface area contributed by atoms with E-state index < -0.39 is 0 Å². The molecule has 2 aliphatic rings. The third-order valence-corrected chi connectivity index (χ3v) is 5.35. The largest absolute Gasteiger partial charge is 0.486 e. The quantitative estimate of drug-likeness (QED) is 0.917. The van der Waals surface area contributed by atoms with Crippen molar-refractivity contribution in [3.63, 3.8) is 0 Å². The Hall–Kier alpha value is -2.47. The van der Waals surface area contributed by atoms with Gasteiger partial charge >= 0.3 is 0 Å². The zero-order valence-electron chi connectivity index (χ0n) is 15.3. The van der Waals surface area contributed by atoms with E-state index in [4.69, 9.17) is 15.2 Å². The van der Waals surface area contributed by atoms with Gasteiger partial charge in [-0.25, -0.2) is 0 Å². The maximum absolute atomic E-state index is 13.0. The minimum atomic E-state index is 0.0952. The van der Waals surface area contributed by atoms with Crippen LogP contribution >= 0.6 is 0 Å². The molecule has 0 saturated carbocycles. The molecule has 0 radical (unpaired) electrons. The molecule has 0 unspecified atom stereocenters. The Morgan fingerprint density at radius 1 is 1.19 bits per heavy atom. The van der Waals surface area contributed by atoms with E-state index in [1.165, 1.54) is 0 Å². The first-order chi connectivity index (χ1) is 12.6. The van der Waals surface area contributed by atoms with Crippen molar-refractivity contribution >= 4 is 5.91 Å². The minimum Gasteiger partial charge on any atom is -0.486 e. The first-order valence-corrected chi connectivity index (χ1v) is 9.16. The van der Waals surface area contributed by atoms with Crippen molar-refractivity contribution in [1.29, 1.82) is 0 Å². The minimum absolute atomic E-state index is 0.0952. The van der Waals surface area contributed by atoms with Crippen molar-refractivity contribution in [3.8, 4) is 17.2 Å². The number of carbonyl (C=O) groups excluding carboxylic acids is 1. The molecule has 1 saturated heterocycles. The predicted octanol–water partition coefficient (Wildman–Crippen LogP) is 2.29. The molecular formula is C20H25N3O3. The summed E-state index contributed by atoms with van der Waals surface area (Å²) in [6.07, 6.45) is 0.989. The van der Waals surface area contributed by atoms with Gasteiger partial charge in [-0.2, -0.15) is 0 Å². The summed E-state index contributed by atoms with van der Waals surface area (Å²) in [4.78, 5) is 14.9. The fraction of sp³-hybridized carbons (Fsp3) is 0.450. The average molecular weight is 355 g/mol. The topological polar surface area (TPSA) is 69.7 Å². The van der Waals surface area contributed by atoms with Gasteiger partial charge in [-0.15, -0.1) is 0 Å². The molecule has 6 heteroatoms. The molecule has 6 nitrogen and oxygen atoms in total. The van der Waals surface area contributed by atoms with E-state index in [0.717, 1.165) is 53.6 Å². The molecule has 1 aromatic carbocycles. The molecule has 0 bridgehead atoms. The van der Waals surface area contributed by atoms with Crippen molar-refractivity contribution < 1.29 is 14.3 Å². The first kappa shape index (κ1) is 17.0. The molecule has 0 aliphatic carbocycles. The number of carbonyl (C=O) groups is 1. The van der Waals surface area contributed by atoms with E-state index >= 15 is 0 Å². The summed E-state index contributed by atoms with van der Waals surface area (Å²) < 4.78 is 13.4. The SMILES string of the molecule is Cc1cc(C(=O)N2CC[C@@H](CN)C2)c(C)n1-c1ccc2c(c1)OCCO2. The van der Waals surface area contributed by atoms with Crippen LogP contribution in [-0.2, 0) is 0 Å². The highest BCUT2D eigenvalue weighted by molar-refractivity contribution is 5.96. The molecule has 1 atom stereocenters. The molecule has 0 spiro atoms. The van der Waals surface area contributed by atoms with Gasteiger partial charge in [-0.05, 0) is 50.9 Å². The summed E-state index contributed by atoms with van der Waals surface area (Å²) in [6.45, 7) is 7.32. The van der Waals surface area contributed by atoms with Crippen LogP contribution in [0.5, 0.6) is 11.5 Å². The Morgan fingerprint density at radius 2 is 1.96 bits per heavy atom. The Bertz CT molecular complexity index is 843. The second kappa shape index (κ2) is 6.68. The number of nitrogens with two attached hydrogens (primary N) is 1. The number of nitrogens with zero attached hydrogens (tertiary/aromatic N) is 2. The van der Waals surface area contributed by atoms with Gasteiger partial charge in [0.1, 0.15) is 13.2 Å². The first-order valence-electron chi connectivity index (χ1n) is 9.16. The van der Waals surface area contributed by atoms with Crippen molar-refractivity contribution in [3.05, 3.63) is 41.2 Å². The number of aryl methyl sites for hydroxylation is 1. The van der Waals surface area contributed by atoms with Crippen LogP contribution in [0, 0.1) is 19.8 Å². The third kappa shape index (κ3) is 2.84. The van der Waals surface area contributed by atoms with Crippen LogP contribution < -0.4 is 15.2 Å². The van der Waals surface area contributed by atoms with Crippen LogP contribution in [-0.4, -0.2) is 48.2 Å². The van der Waals surface area contributed by atoms with Gasteiger partial charge in [0.05, 0.1) is 5.56 Å². The van der Waals surface area contributed by atoms with Gasteiger partial charge < -0.3 is 24.7 Å². The average Bonchev–Trinajstić information content (AvgIpc) is 3.25. The molecule has 1 amide bonds. The second-order valence-corrected chi connectivity index (χ2v) is 7.09. The number of likely N-dealkylation sites (tertiary alicyclic amines) is 1. The summed E-state index contributed by atoms with van der Waals surface area (Å²) in [7, 11) is 0. The van der Waals surface area contributed by atoms with Gasteiger partial charge in [0.15, 0.2) is 11.5 Å². The number of rotatable bonds is 3. The lowest BCUT2D eigenvalue weighted by atomic mass is 10.1. The van der Waals surface area contributed by atoms with E-state index in [2.05, 4.69) is 4.57 Å². The maximum Gasteiger partial charge on any atom is 0.255 e. The fourth-order valence-electron chi connectivity index (χ4n) is 3.93. The van der Waals surface area contributed by atoms with Crippen molar-refractivity contribution in [2.24, 2.45) is 11.7 Å². The number of amides is 1. The molecular weight excluding hydrogens is 330 g/mol. The molecule has 4 rings (SSSR count). The molecule has 2 N–H and O–H groups in total. The number of hydrogen-bond donors (Lipinski definition) is 1. The predicted molar refractivity (Wildman–Crippen MR) is 99.3 cm³/mol. The summed E-state index contributed by atoms with van der Waals surface area (Å²) in [5, 5.41) is 0. The normalized spacial score (nSPS) is 19.0. The van der Waals surface area contributed by atoms with Crippen LogP contribution in [0.4, 0.5) is 0 Å². The number of benzene rings is 1. The molecule has 2 aliphatic heterocycles. The lowest BCUT2D eigenvalue weighted by molar-refractivity contribution is 0.0787. The third-order valence-electron chi connectivity index (χ3n) is 5.35. The highest BCUT2D eigenvalue weighted by Crippen LogP contribution is 2.33. The zero-order valence-corrected chi connectivity index (χ0v) is 15.3. The fourth-order valence-corrected chi connectivity index (χ4v) is 3.93. The van der Waals surface area contributed by atoms with Crippen LogP contribution in [0.1, 0.15) is 28.2 Å². The molecule has 1 fully saturated rings. The van der Waals surface area contributed by atoms with Gasteiger partial charge in [0.25, 0.3) is 5.91 Å². The standard InChI is InChI=1S/C20H25N3O3/c1-13-9-17(20(24)22-6-5-15(11-21)12-22)14(2)23(13)16-3-4-18-19(10-16)26-8-7-25-18/h3-4,9-10,15H,5-8,11-12,21H2,1-2H3/t15-/m0/s1. The zero-order chi connectivity index (χ0) is 18.3. The van der Waals surface area contributed by atoms with Crippen LogP contribution in [0.3, 0.4) is 0 Å². The Kier molecular flexibility index (Phi) is 4.36. The molecule has 138 valence electrons. The monoisotopic (exact) mass is 355 g/mol. The number of aromatic nitrogens is 1. The lowest BCUT2D eigenvalue weighted by Crippen LogP contribution is -2.30. The number of ether oxygens (including phenoxy) is 2. The summed E-state index contributed by atoms with van der Waals surface area (Å²) in [6, 6.07) is 7.88. The van der Waals surface area contributed by atoms with Crippen molar-refractivity contribution in [1.82, 2.24) is 9.47 Å². The smallest absolute Gasteiger partial charge is 0.255 e. The number of fused-ring (bicyclic) bond motifs is 1. The highest BCUT2D eigenvalue weighted by atomic mass is 16.6. The van der Waals surface area contributed by atoms with Gasteiger partial charge in [0, 0.05) is 36.2 Å². The van der Waals surface area contributed by atoms with E-state index in [-0.39, 0.29) is 5.91 Å². The van der Waals surface area contributed by atoms with Crippen molar-refractivity contribution in [2.45, 2.75) is 20.3 Å². The van der Waals surface area contributed by atoms with Crippen molar-refractivity contribution in [2.75, 3.05) is 32.8 Å². The Balaban J connectivity index is 1.66. The lowest BCUT2D eigenvalue weighted by Gasteiger charge is -2.20. The van der Waals surface area contributed by atoms with Gasteiger partial charge in [-0.1, -0.05) is 0 Å². The van der Waals surface area contributed by atoms with Crippen LogP contribution in [0.25, 0.3) is 5.69 Å². The van der Waals surface area contributed by atoms with Gasteiger partial charge in [0.2, 0.25) is 0 Å².